The normalized spacial score (nSPS) is 13.5. The zero-order valence-corrected chi connectivity index (χ0v) is 12.5. The van der Waals surface area contributed by atoms with Gasteiger partial charge in [-0.1, -0.05) is 12.1 Å². The highest BCUT2D eigenvalue weighted by Crippen LogP contribution is 2.33. The Bertz CT molecular complexity index is 589. The minimum Gasteiger partial charge on any atom is -0.247 e. The van der Waals surface area contributed by atoms with E-state index in [1.165, 1.54) is 23.5 Å². The molecule has 0 saturated carbocycles. The van der Waals surface area contributed by atoms with Crippen LogP contribution in [-0.2, 0) is 12.6 Å². The van der Waals surface area contributed by atoms with Crippen LogP contribution in [0, 0.1) is 13.8 Å². The molecule has 0 spiro atoms. The predicted molar refractivity (Wildman–Crippen MR) is 75.3 cm³/mol. The van der Waals surface area contributed by atoms with Gasteiger partial charge in [0.25, 0.3) is 0 Å². The van der Waals surface area contributed by atoms with Gasteiger partial charge in [-0.05, 0) is 38.0 Å². The fourth-order valence-corrected chi connectivity index (χ4v) is 3.34. The van der Waals surface area contributed by atoms with Crippen molar-refractivity contribution in [3.05, 3.63) is 51.0 Å². The van der Waals surface area contributed by atoms with Crippen molar-refractivity contribution < 1.29 is 13.2 Å². The van der Waals surface area contributed by atoms with Gasteiger partial charge in [-0.25, -0.2) is 4.98 Å². The van der Waals surface area contributed by atoms with Gasteiger partial charge in [0.05, 0.1) is 21.6 Å². The van der Waals surface area contributed by atoms with Crippen molar-refractivity contribution in [2.45, 2.75) is 31.8 Å². The summed E-state index contributed by atoms with van der Waals surface area (Å²) in [6.45, 7) is 3.80. The molecular formula is C14H13ClF3NS. The van der Waals surface area contributed by atoms with Crippen molar-refractivity contribution in [3.63, 3.8) is 0 Å². The van der Waals surface area contributed by atoms with Crippen molar-refractivity contribution in [1.29, 1.82) is 0 Å². The lowest BCUT2D eigenvalue weighted by Gasteiger charge is -2.10. The number of halogens is 4. The number of aryl methyl sites for hydroxylation is 2. The fourth-order valence-electron chi connectivity index (χ4n) is 1.97. The summed E-state index contributed by atoms with van der Waals surface area (Å²) in [6.07, 6.45) is -3.81. The first-order valence-electron chi connectivity index (χ1n) is 6.01. The van der Waals surface area contributed by atoms with E-state index in [9.17, 15) is 13.2 Å². The molecule has 0 amide bonds. The number of hydrogen-bond acceptors (Lipinski definition) is 2. The molecule has 0 aliphatic rings. The van der Waals surface area contributed by atoms with Gasteiger partial charge >= 0.3 is 6.18 Å². The fraction of sp³-hybridized carbons (Fsp3) is 0.357. The zero-order chi connectivity index (χ0) is 14.9. The van der Waals surface area contributed by atoms with E-state index in [0.29, 0.717) is 6.42 Å². The van der Waals surface area contributed by atoms with E-state index in [4.69, 9.17) is 11.6 Å². The van der Waals surface area contributed by atoms with Gasteiger partial charge in [-0.3, -0.25) is 0 Å². The van der Waals surface area contributed by atoms with E-state index in [0.717, 1.165) is 33.3 Å². The van der Waals surface area contributed by atoms with Crippen molar-refractivity contribution in [2.75, 3.05) is 0 Å². The number of alkyl halides is 4. The third kappa shape index (κ3) is 3.52. The number of thiazole rings is 1. The van der Waals surface area contributed by atoms with Crippen LogP contribution in [0.25, 0.3) is 0 Å². The summed E-state index contributed by atoms with van der Waals surface area (Å²) in [5.41, 5.74) is 1.03. The van der Waals surface area contributed by atoms with Crippen LogP contribution in [0.1, 0.15) is 32.1 Å². The van der Waals surface area contributed by atoms with Crippen LogP contribution in [0.4, 0.5) is 13.2 Å². The van der Waals surface area contributed by atoms with Gasteiger partial charge in [0.2, 0.25) is 0 Å². The molecule has 1 aromatic heterocycles. The monoisotopic (exact) mass is 319 g/mol. The Balaban J connectivity index is 2.12. The van der Waals surface area contributed by atoms with Crippen LogP contribution >= 0.6 is 22.9 Å². The van der Waals surface area contributed by atoms with Crippen molar-refractivity contribution in [1.82, 2.24) is 4.98 Å². The van der Waals surface area contributed by atoms with Crippen molar-refractivity contribution >= 4 is 22.9 Å². The van der Waals surface area contributed by atoms with Gasteiger partial charge in [-0.15, -0.1) is 22.9 Å². The highest BCUT2D eigenvalue weighted by atomic mass is 35.5. The first-order chi connectivity index (χ1) is 9.27. The Morgan fingerprint density at radius 2 is 1.80 bits per heavy atom. The largest absolute Gasteiger partial charge is 0.416 e. The average molecular weight is 320 g/mol. The number of benzene rings is 1. The van der Waals surface area contributed by atoms with Gasteiger partial charge in [0.1, 0.15) is 0 Å². The standard InChI is InChI=1S/C14H13ClF3NS/c1-8-13(20-9(2)19-8)12(15)7-10-3-5-11(6-4-10)14(16,17)18/h3-6,12H,7H2,1-2H3. The van der Waals surface area contributed by atoms with Crippen molar-refractivity contribution in [2.24, 2.45) is 0 Å². The van der Waals surface area contributed by atoms with Gasteiger partial charge < -0.3 is 0 Å². The molecule has 0 N–H and O–H groups in total. The van der Waals surface area contributed by atoms with Crippen LogP contribution < -0.4 is 0 Å². The van der Waals surface area contributed by atoms with E-state index in [1.54, 1.807) is 0 Å². The summed E-state index contributed by atoms with van der Waals surface area (Å²) in [7, 11) is 0. The molecule has 6 heteroatoms. The Morgan fingerprint density at radius 3 is 2.25 bits per heavy atom. The third-order valence-corrected chi connectivity index (χ3v) is 4.61. The van der Waals surface area contributed by atoms with E-state index in [-0.39, 0.29) is 5.38 Å². The summed E-state index contributed by atoms with van der Waals surface area (Å²) in [5.74, 6) is 0. The first-order valence-corrected chi connectivity index (χ1v) is 7.27. The second kappa shape index (κ2) is 5.74. The number of hydrogen-bond donors (Lipinski definition) is 0. The van der Waals surface area contributed by atoms with E-state index in [1.807, 2.05) is 13.8 Å². The SMILES string of the molecule is Cc1nc(C)c(C(Cl)Cc2ccc(C(F)(F)F)cc2)s1. The minimum atomic E-state index is -4.30. The summed E-state index contributed by atoms with van der Waals surface area (Å²) < 4.78 is 37.4. The van der Waals surface area contributed by atoms with Gasteiger partial charge in [0, 0.05) is 4.88 Å². The highest BCUT2D eigenvalue weighted by molar-refractivity contribution is 7.12. The molecule has 0 saturated heterocycles. The second-order valence-electron chi connectivity index (χ2n) is 4.55. The number of rotatable bonds is 3. The summed E-state index contributed by atoms with van der Waals surface area (Å²) in [6, 6.07) is 5.12. The van der Waals surface area contributed by atoms with Gasteiger partial charge in [-0.2, -0.15) is 13.2 Å². The van der Waals surface area contributed by atoms with Crippen LogP contribution in [0.15, 0.2) is 24.3 Å². The lowest BCUT2D eigenvalue weighted by Crippen LogP contribution is -2.05. The lowest BCUT2D eigenvalue weighted by molar-refractivity contribution is -0.137. The molecule has 20 heavy (non-hydrogen) atoms. The summed E-state index contributed by atoms with van der Waals surface area (Å²) >= 11 is 7.86. The molecule has 0 aliphatic carbocycles. The molecule has 108 valence electrons. The molecule has 2 aromatic rings. The van der Waals surface area contributed by atoms with E-state index in [2.05, 4.69) is 4.98 Å². The maximum absolute atomic E-state index is 12.5. The molecule has 0 fully saturated rings. The molecule has 0 radical (unpaired) electrons. The topological polar surface area (TPSA) is 12.9 Å². The molecule has 1 unspecified atom stereocenters. The highest BCUT2D eigenvalue weighted by Gasteiger charge is 2.30. The lowest BCUT2D eigenvalue weighted by atomic mass is 10.1. The van der Waals surface area contributed by atoms with Gasteiger partial charge in [0.15, 0.2) is 0 Å². The first kappa shape index (κ1) is 15.3. The van der Waals surface area contributed by atoms with Crippen LogP contribution in [-0.4, -0.2) is 4.98 Å². The van der Waals surface area contributed by atoms with Crippen molar-refractivity contribution in [3.8, 4) is 0 Å². The Labute approximate surface area is 124 Å². The summed E-state index contributed by atoms with van der Waals surface area (Å²) in [4.78, 5) is 5.28. The molecule has 1 heterocycles. The minimum absolute atomic E-state index is 0.266. The number of nitrogens with zero attached hydrogens (tertiary/aromatic N) is 1. The Morgan fingerprint density at radius 1 is 1.20 bits per heavy atom. The Hall–Kier alpha value is -1.07. The predicted octanol–water partition coefficient (Wildman–Crippen LogP) is 5.30. The maximum Gasteiger partial charge on any atom is 0.416 e. The van der Waals surface area contributed by atoms with Crippen LogP contribution in [0.3, 0.4) is 0 Å². The molecule has 1 atom stereocenters. The Kier molecular flexibility index (Phi) is 4.39. The van der Waals surface area contributed by atoms with E-state index >= 15 is 0 Å². The third-order valence-electron chi connectivity index (χ3n) is 2.92. The molecule has 0 aliphatic heterocycles. The second-order valence-corrected chi connectivity index (χ2v) is 6.31. The van der Waals surface area contributed by atoms with Crippen LogP contribution in [0.5, 0.6) is 0 Å². The molecule has 0 bridgehead atoms. The molecular weight excluding hydrogens is 307 g/mol. The maximum atomic E-state index is 12.5. The molecule has 1 nitrogen and oxygen atoms in total. The molecule has 2 rings (SSSR count). The number of aromatic nitrogens is 1. The van der Waals surface area contributed by atoms with Crippen LogP contribution in [0.2, 0.25) is 0 Å². The summed E-state index contributed by atoms with van der Waals surface area (Å²) in [5, 5.41) is 0.675. The molecule has 1 aromatic carbocycles. The smallest absolute Gasteiger partial charge is 0.247 e. The quantitative estimate of drug-likeness (QED) is 0.699. The average Bonchev–Trinajstić information content (AvgIpc) is 2.68. The zero-order valence-electron chi connectivity index (χ0n) is 11.0. The van der Waals surface area contributed by atoms with E-state index < -0.39 is 11.7 Å².